The smallest absolute Gasteiger partial charge is 0.0250 e. The molecule has 0 bridgehead atoms. The lowest BCUT2D eigenvalue weighted by atomic mass is 9.78. The van der Waals surface area contributed by atoms with Crippen LogP contribution in [-0.4, -0.2) is 0 Å². The first-order chi connectivity index (χ1) is 7.72. The van der Waals surface area contributed by atoms with Gasteiger partial charge in [0.25, 0.3) is 0 Å². The molecule has 0 fully saturated rings. The first-order valence-corrected chi connectivity index (χ1v) is 6.86. The van der Waals surface area contributed by atoms with Gasteiger partial charge in [-0.15, -0.1) is 0 Å². The predicted molar refractivity (Wildman–Crippen MR) is 68.8 cm³/mol. The van der Waals surface area contributed by atoms with Crippen LogP contribution in [0.3, 0.4) is 0 Å². The third-order valence-corrected chi connectivity index (χ3v) is 4.47. The van der Waals surface area contributed by atoms with Gasteiger partial charge >= 0.3 is 0 Å². The van der Waals surface area contributed by atoms with Gasteiger partial charge in [-0.3, -0.25) is 0 Å². The number of rotatable bonds is 0. The van der Waals surface area contributed by atoms with Crippen LogP contribution in [0.4, 0.5) is 0 Å². The third kappa shape index (κ3) is 1.79. The van der Waals surface area contributed by atoms with Crippen LogP contribution in [0.1, 0.15) is 48.9 Å². The van der Waals surface area contributed by atoms with Gasteiger partial charge in [0.05, 0.1) is 0 Å². The highest BCUT2D eigenvalue weighted by atomic mass is 14.3. The molecular weight excluding hydrogens is 192 g/mol. The summed E-state index contributed by atoms with van der Waals surface area (Å²) < 4.78 is 0. The molecule has 0 aliphatic heterocycles. The maximum absolute atomic E-state index is 2.54. The van der Waals surface area contributed by atoms with Crippen LogP contribution in [0.2, 0.25) is 0 Å². The summed E-state index contributed by atoms with van der Waals surface area (Å²) in [7, 11) is 0. The highest BCUT2D eigenvalue weighted by molar-refractivity contribution is 5.41. The topological polar surface area (TPSA) is 0 Å². The Hall–Kier alpha value is -0.780. The van der Waals surface area contributed by atoms with Crippen molar-refractivity contribution in [2.45, 2.75) is 52.4 Å². The second kappa shape index (κ2) is 3.91. The maximum Gasteiger partial charge on any atom is -0.0250 e. The summed E-state index contributed by atoms with van der Waals surface area (Å²) in [4.78, 5) is 0. The molecule has 0 saturated carbocycles. The van der Waals surface area contributed by atoms with Crippen LogP contribution in [0, 0.1) is 11.8 Å². The maximum atomic E-state index is 2.54. The van der Waals surface area contributed by atoms with E-state index in [0.29, 0.717) is 0 Å². The molecule has 2 atom stereocenters. The fourth-order valence-corrected chi connectivity index (χ4v) is 3.40. The van der Waals surface area contributed by atoms with Gasteiger partial charge in [0, 0.05) is 0 Å². The van der Waals surface area contributed by atoms with Crippen molar-refractivity contribution in [3.05, 3.63) is 34.4 Å². The van der Waals surface area contributed by atoms with Crippen molar-refractivity contribution in [1.82, 2.24) is 0 Å². The molecule has 0 spiro atoms. The molecule has 86 valence electrons. The van der Waals surface area contributed by atoms with E-state index in [1.54, 1.807) is 22.3 Å². The first-order valence-electron chi connectivity index (χ1n) is 6.86. The number of benzene rings is 1. The van der Waals surface area contributed by atoms with Gasteiger partial charge in [-0.25, -0.2) is 0 Å². The van der Waals surface area contributed by atoms with E-state index in [1.807, 2.05) is 0 Å². The van der Waals surface area contributed by atoms with Gasteiger partial charge < -0.3 is 0 Å². The summed E-state index contributed by atoms with van der Waals surface area (Å²) >= 11 is 0. The Kier molecular flexibility index (Phi) is 2.53. The lowest BCUT2D eigenvalue weighted by Crippen LogP contribution is -2.16. The van der Waals surface area contributed by atoms with Crippen LogP contribution in [0.15, 0.2) is 12.1 Å². The second-order valence-electron chi connectivity index (χ2n) is 6.09. The predicted octanol–water partition coefficient (Wildman–Crippen LogP) is 3.94. The van der Waals surface area contributed by atoms with Crippen molar-refractivity contribution in [2.24, 2.45) is 11.8 Å². The molecule has 0 radical (unpaired) electrons. The van der Waals surface area contributed by atoms with Crippen molar-refractivity contribution in [1.29, 1.82) is 0 Å². The zero-order valence-electron chi connectivity index (χ0n) is 10.6. The normalized spacial score (nSPS) is 28.4. The SMILES string of the molecule is CC1CCc2cc3c(cc2C1)CC(C)CC3. The Morgan fingerprint density at radius 1 is 0.750 bits per heavy atom. The molecule has 1 aromatic carbocycles. The van der Waals surface area contributed by atoms with Crippen molar-refractivity contribution < 1.29 is 0 Å². The molecule has 2 unspecified atom stereocenters. The van der Waals surface area contributed by atoms with Crippen LogP contribution in [0.25, 0.3) is 0 Å². The van der Waals surface area contributed by atoms with Crippen molar-refractivity contribution in [3.63, 3.8) is 0 Å². The molecule has 2 aliphatic carbocycles. The Balaban J connectivity index is 1.99. The average molecular weight is 214 g/mol. The second-order valence-corrected chi connectivity index (χ2v) is 6.09. The highest BCUT2D eigenvalue weighted by Gasteiger charge is 2.20. The zero-order valence-corrected chi connectivity index (χ0v) is 10.6. The minimum atomic E-state index is 0.895. The summed E-state index contributed by atoms with van der Waals surface area (Å²) in [5.41, 5.74) is 6.64. The van der Waals surface area contributed by atoms with Gasteiger partial charge in [-0.1, -0.05) is 26.0 Å². The van der Waals surface area contributed by atoms with Crippen LogP contribution >= 0.6 is 0 Å². The average Bonchev–Trinajstić information content (AvgIpc) is 2.26. The van der Waals surface area contributed by atoms with Crippen molar-refractivity contribution in [2.75, 3.05) is 0 Å². The molecule has 0 heterocycles. The lowest BCUT2D eigenvalue weighted by molar-refractivity contribution is 0.485. The molecule has 0 saturated heterocycles. The molecule has 0 nitrogen and oxygen atoms in total. The summed E-state index contributed by atoms with van der Waals surface area (Å²) in [5.74, 6) is 1.79. The van der Waals surface area contributed by atoms with E-state index in [9.17, 15) is 0 Å². The van der Waals surface area contributed by atoms with Gasteiger partial charge in [0.15, 0.2) is 0 Å². The third-order valence-electron chi connectivity index (χ3n) is 4.47. The first kappa shape index (κ1) is 10.4. The van der Waals surface area contributed by atoms with Gasteiger partial charge in [-0.05, 0) is 72.6 Å². The van der Waals surface area contributed by atoms with Crippen LogP contribution in [-0.2, 0) is 25.7 Å². The quantitative estimate of drug-likeness (QED) is 0.613. The Morgan fingerprint density at radius 3 is 1.69 bits per heavy atom. The van der Waals surface area contributed by atoms with E-state index in [1.165, 1.54) is 38.5 Å². The Bertz CT molecular complexity index is 367. The number of aryl methyl sites for hydroxylation is 2. The molecule has 0 N–H and O–H groups in total. The van der Waals surface area contributed by atoms with Crippen molar-refractivity contribution in [3.8, 4) is 0 Å². The number of hydrogen-bond acceptors (Lipinski definition) is 0. The lowest BCUT2D eigenvalue weighted by Gasteiger charge is -2.27. The largest absolute Gasteiger partial charge is 0.0622 e. The highest BCUT2D eigenvalue weighted by Crippen LogP contribution is 2.32. The molecule has 1 aromatic rings. The van der Waals surface area contributed by atoms with Gasteiger partial charge in [0.2, 0.25) is 0 Å². The van der Waals surface area contributed by atoms with E-state index in [4.69, 9.17) is 0 Å². The monoisotopic (exact) mass is 214 g/mol. The van der Waals surface area contributed by atoms with E-state index in [2.05, 4.69) is 26.0 Å². The Labute approximate surface area is 99.1 Å². The zero-order chi connectivity index (χ0) is 11.1. The molecule has 0 heteroatoms. The molecular formula is C16H22. The summed E-state index contributed by atoms with van der Waals surface area (Å²) in [6, 6.07) is 5.07. The minimum absolute atomic E-state index is 0.895. The standard InChI is InChI=1S/C16H22/c1-11-3-5-13-9-14-6-4-12(2)8-16(14)10-15(13)7-11/h9-12H,3-8H2,1-2H3. The van der Waals surface area contributed by atoms with E-state index < -0.39 is 0 Å². The van der Waals surface area contributed by atoms with E-state index >= 15 is 0 Å². The number of hydrogen-bond donors (Lipinski definition) is 0. The fourth-order valence-electron chi connectivity index (χ4n) is 3.40. The summed E-state index contributed by atoms with van der Waals surface area (Å²) in [6.07, 6.45) is 8.05. The van der Waals surface area contributed by atoms with Crippen LogP contribution in [0.5, 0.6) is 0 Å². The van der Waals surface area contributed by atoms with E-state index in [0.717, 1.165) is 11.8 Å². The number of fused-ring (bicyclic) bond motifs is 2. The van der Waals surface area contributed by atoms with Gasteiger partial charge in [0.1, 0.15) is 0 Å². The van der Waals surface area contributed by atoms with Gasteiger partial charge in [-0.2, -0.15) is 0 Å². The summed E-state index contributed by atoms with van der Waals surface area (Å²) in [6.45, 7) is 4.79. The van der Waals surface area contributed by atoms with E-state index in [-0.39, 0.29) is 0 Å². The van der Waals surface area contributed by atoms with Crippen molar-refractivity contribution >= 4 is 0 Å². The molecule has 3 rings (SSSR count). The fraction of sp³-hybridized carbons (Fsp3) is 0.625. The molecule has 2 aliphatic rings. The minimum Gasteiger partial charge on any atom is -0.0622 e. The molecule has 16 heavy (non-hydrogen) atoms. The molecule has 0 aromatic heterocycles. The Morgan fingerprint density at radius 2 is 1.19 bits per heavy atom. The molecule has 0 amide bonds. The van der Waals surface area contributed by atoms with Crippen LogP contribution < -0.4 is 0 Å². The summed E-state index contributed by atoms with van der Waals surface area (Å²) in [5, 5.41) is 0.